The van der Waals surface area contributed by atoms with E-state index in [9.17, 15) is 9.18 Å². The Morgan fingerprint density at radius 2 is 1.79 bits per heavy atom. The van der Waals surface area contributed by atoms with Gasteiger partial charge in [0.1, 0.15) is 17.3 Å². The number of carbonyl (C=O) groups excluding carboxylic acids is 1. The van der Waals surface area contributed by atoms with Crippen LogP contribution in [0.15, 0.2) is 42.5 Å². The Balaban J connectivity index is 1.70. The second-order valence-electron chi connectivity index (χ2n) is 7.44. The van der Waals surface area contributed by atoms with Crippen LogP contribution in [-0.2, 0) is 11.3 Å². The van der Waals surface area contributed by atoms with Crippen molar-refractivity contribution in [1.29, 1.82) is 0 Å². The molecule has 0 bridgehead atoms. The van der Waals surface area contributed by atoms with E-state index < -0.39 is 0 Å². The van der Waals surface area contributed by atoms with Crippen molar-refractivity contribution in [2.45, 2.75) is 44.7 Å². The van der Waals surface area contributed by atoms with Crippen LogP contribution in [0.25, 0.3) is 0 Å². The Hall–Kier alpha value is -2.60. The van der Waals surface area contributed by atoms with Gasteiger partial charge >= 0.3 is 0 Å². The first kappa shape index (κ1) is 21.1. The molecule has 0 aromatic heterocycles. The van der Waals surface area contributed by atoms with E-state index in [4.69, 9.17) is 9.47 Å². The van der Waals surface area contributed by atoms with Gasteiger partial charge in [0.25, 0.3) is 0 Å². The summed E-state index contributed by atoms with van der Waals surface area (Å²) in [7, 11) is 3.15. The van der Waals surface area contributed by atoms with Crippen molar-refractivity contribution >= 4 is 11.6 Å². The molecule has 6 heteroatoms. The van der Waals surface area contributed by atoms with E-state index in [1.165, 1.54) is 31.4 Å². The molecule has 3 rings (SSSR count). The lowest BCUT2D eigenvalue weighted by molar-refractivity contribution is -0.118. The van der Waals surface area contributed by atoms with Gasteiger partial charge in [-0.2, -0.15) is 0 Å². The van der Waals surface area contributed by atoms with Gasteiger partial charge in [-0.3, -0.25) is 9.69 Å². The number of amides is 1. The van der Waals surface area contributed by atoms with Crippen molar-refractivity contribution in [2.24, 2.45) is 0 Å². The molecule has 0 atom stereocenters. The minimum atomic E-state index is -0.248. The van der Waals surface area contributed by atoms with Crippen LogP contribution in [0.5, 0.6) is 11.5 Å². The zero-order valence-corrected chi connectivity index (χ0v) is 17.1. The van der Waals surface area contributed by atoms with Gasteiger partial charge in [-0.1, -0.05) is 31.4 Å². The quantitative estimate of drug-likeness (QED) is 0.703. The number of benzene rings is 2. The van der Waals surface area contributed by atoms with Crippen molar-refractivity contribution in [2.75, 3.05) is 26.1 Å². The molecule has 2 aromatic carbocycles. The molecule has 0 heterocycles. The molecule has 1 N–H and O–H groups in total. The van der Waals surface area contributed by atoms with E-state index in [-0.39, 0.29) is 18.3 Å². The topological polar surface area (TPSA) is 50.8 Å². The Kier molecular flexibility index (Phi) is 7.47. The highest BCUT2D eigenvalue weighted by atomic mass is 19.1. The van der Waals surface area contributed by atoms with Crippen molar-refractivity contribution < 1.29 is 18.7 Å². The first-order valence-electron chi connectivity index (χ1n) is 10.1. The summed E-state index contributed by atoms with van der Waals surface area (Å²) in [6.45, 7) is 0.898. The van der Waals surface area contributed by atoms with E-state index in [0.717, 1.165) is 18.4 Å². The van der Waals surface area contributed by atoms with Gasteiger partial charge in [0.15, 0.2) is 0 Å². The summed E-state index contributed by atoms with van der Waals surface area (Å²) in [6.07, 6.45) is 5.77. The number of carbonyl (C=O) groups is 1. The van der Waals surface area contributed by atoms with E-state index in [0.29, 0.717) is 29.8 Å². The number of methoxy groups -OCH3 is 2. The summed E-state index contributed by atoms with van der Waals surface area (Å²) in [5.41, 5.74) is 1.62. The Morgan fingerprint density at radius 3 is 2.45 bits per heavy atom. The molecular formula is C23H29FN2O3. The first-order valence-corrected chi connectivity index (χ1v) is 10.1. The predicted octanol–water partition coefficient (Wildman–Crippen LogP) is 4.62. The number of hydrogen-bond acceptors (Lipinski definition) is 4. The van der Waals surface area contributed by atoms with E-state index in [1.807, 2.05) is 0 Å². The Labute approximate surface area is 171 Å². The summed E-state index contributed by atoms with van der Waals surface area (Å²) >= 11 is 0. The zero-order valence-electron chi connectivity index (χ0n) is 17.1. The molecule has 0 radical (unpaired) electrons. The van der Waals surface area contributed by atoms with E-state index in [2.05, 4.69) is 10.2 Å². The number of rotatable bonds is 8. The van der Waals surface area contributed by atoms with Crippen LogP contribution in [0.1, 0.15) is 37.7 Å². The molecule has 1 saturated carbocycles. The fourth-order valence-electron chi connectivity index (χ4n) is 3.86. The highest BCUT2D eigenvalue weighted by Gasteiger charge is 2.24. The van der Waals surface area contributed by atoms with Crippen LogP contribution < -0.4 is 14.8 Å². The lowest BCUT2D eigenvalue weighted by atomic mass is 9.93. The van der Waals surface area contributed by atoms with Gasteiger partial charge in [0, 0.05) is 18.7 Å². The average molecular weight is 400 g/mol. The minimum absolute atomic E-state index is 0.0962. The molecule has 0 unspecified atom stereocenters. The Bertz CT molecular complexity index is 804. The number of halogens is 1. The second-order valence-corrected chi connectivity index (χ2v) is 7.44. The lowest BCUT2D eigenvalue weighted by Gasteiger charge is -2.34. The number of nitrogens with one attached hydrogen (secondary N) is 1. The standard InChI is InChI=1S/C23H29FN2O3/c1-28-20-12-13-21(22(14-20)29-2)25-23(27)16-26(19-6-4-3-5-7-19)15-17-8-10-18(24)11-9-17/h8-14,19H,3-7,15-16H2,1-2H3,(H,25,27). The van der Waals surface area contributed by atoms with Crippen molar-refractivity contribution in [3.05, 3.63) is 53.8 Å². The SMILES string of the molecule is COc1ccc(NC(=O)CN(Cc2ccc(F)cc2)C2CCCCC2)c(OC)c1. The molecule has 1 aliphatic carbocycles. The van der Waals surface area contributed by atoms with Gasteiger partial charge in [-0.25, -0.2) is 4.39 Å². The fourth-order valence-corrected chi connectivity index (χ4v) is 3.86. The average Bonchev–Trinajstić information content (AvgIpc) is 2.75. The van der Waals surface area contributed by atoms with Crippen LogP contribution in [0.2, 0.25) is 0 Å². The molecule has 1 amide bonds. The molecule has 1 fully saturated rings. The second kappa shape index (κ2) is 10.3. The van der Waals surface area contributed by atoms with Crippen LogP contribution >= 0.6 is 0 Å². The molecule has 0 aliphatic heterocycles. The maximum atomic E-state index is 13.3. The van der Waals surface area contributed by atoms with E-state index in [1.54, 1.807) is 44.6 Å². The van der Waals surface area contributed by atoms with Crippen molar-refractivity contribution in [3.8, 4) is 11.5 Å². The summed E-state index contributed by atoms with van der Waals surface area (Å²) in [5.74, 6) is 0.879. The summed E-state index contributed by atoms with van der Waals surface area (Å²) in [5, 5.41) is 2.96. The third kappa shape index (κ3) is 5.94. The number of nitrogens with zero attached hydrogens (tertiary/aromatic N) is 1. The first-order chi connectivity index (χ1) is 14.1. The molecule has 1 aliphatic rings. The van der Waals surface area contributed by atoms with Crippen LogP contribution in [0.4, 0.5) is 10.1 Å². The maximum Gasteiger partial charge on any atom is 0.238 e. The smallest absolute Gasteiger partial charge is 0.238 e. The van der Waals surface area contributed by atoms with Gasteiger partial charge in [-0.15, -0.1) is 0 Å². The highest BCUT2D eigenvalue weighted by molar-refractivity contribution is 5.93. The predicted molar refractivity (Wildman–Crippen MR) is 112 cm³/mol. The minimum Gasteiger partial charge on any atom is -0.497 e. The van der Waals surface area contributed by atoms with Crippen molar-refractivity contribution in [3.63, 3.8) is 0 Å². The van der Waals surface area contributed by atoms with E-state index >= 15 is 0 Å². The highest BCUT2D eigenvalue weighted by Crippen LogP contribution is 2.29. The molecule has 29 heavy (non-hydrogen) atoms. The molecule has 0 spiro atoms. The lowest BCUT2D eigenvalue weighted by Crippen LogP contribution is -2.41. The number of ether oxygens (including phenoxy) is 2. The normalized spacial score (nSPS) is 14.6. The monoisotopic (exact) mass is 400 g/mol. The third-order valence-electron chi connectivity index (χ3n) is 5.42. The summed E-state index contributed by atoms with van der Waals surface area (Å²) in [6, 6.07) is 12.2. The summed E-state index contributed by atoms with van der Waals surface area (Å²) in [4.78, 5) is 15.0. The number of anilines is 1. The fraction of sp³-hybridized carbons (Fsp3) is 0.435. The number of hydrogen-bond donors (Lipinski definition) is 1. The molecular weight excluding hydrogens is 371 g/mol. The third-order valence-corrected chi connectivity index (χ3v) is 5.42. The van der Waals surface area contributed by atoms with Crippen LogP contribution in [-0.4, -0.2) is 37.6 Å². The summed E-state index contributed by atoms with van der Waals surface area (Å²) < 4.78 is 23.8. The van der Waals surface area contributed by atoms with Crippen molar-refractivity contribution in [1.82, 2.24) is 4.90 Å². The van der Waals surface area contributed by atoms with Gasteiger partial charge in [0.2, 0.25) is 5.91 Å². The molecule has 156 valence electrons. The van der Waals surface area contributed by atoms with Gasteiger partial charge < -0.3 is 14.8 Å². The van der Waals surface area contributed by atoms with Crippen LogP contribution in [0, 0.1) is 5.82 Å². The molecule has 2 aromatic rings. The molecule has 0 saturated heterocycles. The van der Waals surface area contributed by atoms with Gasteiger partial charge in [0.05, 0.1) is 26.5 Å². The van der Waals surface area contributed by atoms with Crippen LogP contribution in [0.3, 0.4) is 0 Å². The largest absolute Gasteiger partial charge is 0.497 e. The van der Waals surface area contributed by atoms with Gasteiger partial charge in [-0.05, 0) is 42.7 Å². The maximum absolute atomic E-state index is 13.3. The zero-order chi connectivity index (χ0) is 20.6. The molecule has 5 nitrogen and oxygen atoms in total. The Morgan fingerprint density at radius 1 is 1.07 bits per heavy atom.